The van der Waals surface area contributed by atoms with Gasteiger partial charge in [-0.1, -0.05) is 6.07 Å². The molecule has 0 saturated carbocycles. The maximum absolute atomic E-state index is 12.6. The van der Waals surface area contributed by atoms with E-state index in [-0.39, 0.29) is 10.5 Å². The number of sulfone groups is 1. The first kappa shape index (κ1) is 19.5. The Morgan fingerprint density at radius 3 is 2.70 bits per heavy atom. The van der Waals surface area contributed by atoms with E-state index in [0.29, 0.717) is 10.6 Å². The van der Waals surface area contributed by atoms with E-state index in [4.69, 9.17) is 5.73 Å². The van der Waals surface area contributed by atoms with Crippen molar-refractivity contribution in [2.75, 3.05) is 24.7 Å². The van der Waals surface area contributed by atoms with Gasteiger partial charge in [0.2, 0.25) is 0 Å². The predicted molar refractivity (Wildman–Crippen MR) is 104 cm³/mol. The van der Waals surface area contributed by atoms with E-state index in [1.165, 1.54) is 40.5 Å². The fourth-order valence-corrected chi connectivity index (χ4v) is 5.22. The number of rotatable bonds is 5. The number of fused-ring (bicyclic) bond motifs is 1. The summed E-state index contributed by atoms with van der Waals surface area (Å²) in [7, 11) is -3.42. The molecule has 1 aromatic carbocycles. The molecule has 2 aromatic rings. The molecule has 0 bridgehead atoms. The summed E-state index contributed by atoms with van der Waals surface area (Å²) in [5, 5.41) is 3.18. The lowest BCUT2D eigenvalue weighted by Gasteiger charge is -2.22. The number of primary amides is 1. The van der Waals surface area contributed by atoms with Crippen molar-refractivity contribution in [2.24, 2.45) is 5.73 Å². The zero-order valence-corrected chi connectivity index (χ0v) is 16.8. The minimum absolute atomic E-state index is 0.0675. The predicted octanol–water partition coefficient (Wildman–Crippen LogP) is 0.464. The monoisotopic (exact) mass is 408 g/mol. The normalized spacial score (nSPS) is 16.6. The molecular weight excluding hydrogens is 386 g/mol. The van der Waals surface area contributed by atoms with Gasteiger partial charge in [-0.2, -0.15) is 0 Å². The Bertz CT molecular complexity index is 1010. The summed E-state index contributed by atoms with van der Waals surface area (Å²) in [6.07, 6.45) is 1.83. The zero-order valence-electron chi connectivity index (χ0n) is 15.2. The van der Waals surface area contributed by atoms with Gasteiger partial charge in [0.05, 0.1) is 28.4 Å². The lowest BCUT2D eigenvalue weighted by molar-refractivity contribution is -0.913. The van der Waals surface area contributed by atoms with Crippen LogP contribution in [0.3, 0.4) is 0 Å². The zero-order chi connectivity index (χ0) is 19.8. The van der Waals surface area contributed by atoms with Crippen LogP contribution >= 0.6 is 11.3 Å². The summed E-state index contributed by atoms with van der Waals surface area (Å²) >= 11 is 1.37. The Morgan fingerprint density at radius 2 is 2.07 bits per heavy atom. The Balaban J connectivity index is 1.93. The second-order valence-electron chi connectivity index (χ2n) is 6.61. The fourth-order valence-electron chi connectivity index (χ4n) is 3.23. The van der Waals surface area contributed by atoms with Crippen LogP contribution in [-0.4, -0.2) is 39.6 Å². The van der Waals surface area contributed by atoms with Gasteiger partial charge < -0.3 is 16.0 Å². The molecule has 9 heteroatoms. The molecule has 144 valence electrons. The van der Waals surface area contributed by atoms with Gasteiger partial charge in [-0.05, 0) is 30.7 Å². The first-order valence-electron chi connectivity index (χ1n) is 8.60. The minimum Gasteiger partial charge on any atom is -0.365 e. The van der Waals surface area contributed by atoms with E-state index in [1.807, 2.05) is 0 Å². The molecule has 0 saturated heterocycles. The number of nitrogens with two attached hydrogens (primary N) is 1. The number of amides is 2. The summed E-state index contributed by atoms with van der Waals surface area (Å²) < 4.78 is 23.4. The van der Waals surface area contributed by atoms with Crippen molar-refractivity contribution in [1.82, 2.24) is 0 Å². The molecule has 4 N–H and O–H groups in total. The molecule has 7 nitrogen and oxygen atoms in total. The highest BCUT2D eigenvalue weighted by Crippen LogP contribution is 2.34. The number of hydrogen-bond donors (Lipinski definition) is 3. The largest absolute Gasteiger partial charge is 0.365 e. The Kier molecular flexibility index (Phi) is 5.36. The van der Waals surface area contributed by atoms with Crippen LogP contribution in [0.4, 0.5) is 5.00 Å². The third-order valence-electron chi connectivity index (χ3n) is 4.73. The first-order chi connectivity index (χ1) is 12.7. The SMILES string of the molecule is CC[NH+]1CCc2c(sc(NC(=O)c3cccc(S(C)(=O)=O)c3)c2C(N)=O)C1. The van der Waals surface area contributed by atoms with Gasteiger partial charge in [0.25, 0.3) is 11.8 Å². The molecule has 0 aliphatic carbocycles. The van der Waals surface area contributed by atoms with Crippen LogP contribution < -0.4 is 16.0 Å². The van der Waals surface area contributed by atoms with Gasteiger partial charge in [-0.3, -0.25) is 9.59 Å². The number of thiophene rings is 1. The topological polar surface area (TPSA) is 111 Å². The molecular formula is C18H22N3O4S2+. The molecule has 1 aliphatic rings. The van der Waals surface area contributed by atoms with Crippen molar-refractivity contribution in [3.05, 3.63) is 45.8 Å². The first-order valence-corrected chi connectivity index (χ1v) is 11.3. The summed E-state index contributed by atoms with van der Waals surface area (Å²) in [6, 6.07) is 5.81. The average Bonchev–Trinajstić information content (AvgIpc) is 2.97. The number of quaternary nitrogens is 1. The second-order valence-corrected chi connectivity index (χ2v) is 9.73. The highest BCUT2D eigenvalue weighted by Gasteiger charge is 2.29. The number of likely N-dealkylation sites (N-methyl/N-ethyl adjacent to an activating group) is 1. The van der Waals surface area contributed by atoms with Gasteiger partial charge >= 0.3 is 0 Å². The average molecular weight is 409 g/mol. The summed E-state index contributed by atoms with van der Waals surface area (Å²) in [6.45, 7) is 4.82. The van der Waals surface area contributed by atoms with Crippen LogP contribution in [0.15, 0.2) is 29.2 Å². The van der Waals surface area contributed by atoms with Crippen molar-refractivity contribution in [2.45, 2.75) is 24.8 Å². The van der Waals surface area contributed by atoms with Gasteiger partial charge in [0.1, 0.15) is 11.5 Å². The molecule has 3 rings (SSSR count). The number of carbonyl (C=O) groups is 2. The molecule has 0 radical (unpaired) electrons. The molecule has 0 fully saturated rings. The van der Waals surface area contributed by atoms with Crippen molar-refractivity contribution in [1.29, 1.82) is 0 Å². The second kappa shape index (κ2) is 7.41. The van der Waals surface area contributed by atoms with Crippen molar-refractivity contribution in [3.63, 3.8) is 0 Å². The standard InChI is InChI=1S/C18H21N3O4S2/c1-3-21-8-7-13-14(10-21)26-18(15(13)16(19)22)20-17(23)11-5-4-6-12(9-11)27(2,24)25/h4-6,9H,3,7-8,10H2,1-2H3,(H2,19,22)(H,20,23)/p+1. The maximum atomic E-state index is 12.6. The fraction of sp³-hybridized carbons (Fsp3) is 0.333. The van der Waals surface area contributed by atoms with E-state index in [9.17, 15) is 18.0 Å². The molecule has 1 unspecified atom stereocenters. The number of hydrogen-bond acceptors (Lipinski definition) is 5. The van der Waals surface area contributed by atoms with E-state index < -0.39 is 21.7 Å². The maximum Gasteiger partial charge on any atom is 0.256 e. The van der Waals surface area contributed by atoms with Crippen LogP contribution in [0.5, 0.6) is 0 Å². The minimum atomic E-state index is -3.42. The Morgan fingerprint density at radius 1 is 1.33 bits per heavy atom. The highest BCUT2D eigenvalue weighted by molar-refractivity contribution is 7.90. The molecule has 2 heterocycles. The van der Waals surface area contributed by atoms with E-state index in [1.54, 1.807) is 0 Å². The van der Waals surface area contributed by atoms with Crippen molar-refractivity contribution < 1.29 is 22.9 Å². The van der Waals surface area contributed by atoms with E-state index in [2.05, 4.69) is 12.2 Å². The Labute approximate surface area is 162 Å². The Hall–Kier alpha value is -2.23. The number of carbonyl (C=O) groups excluding carboxylic acids is 2. The van der Waals surface area contributed by atoms with Crippen LogP contribution in [0.25, 0.3) is 0 Å². The number of benzene rings is 1. The smallest absolute Gasteiger partial charge is 0.256 e. The van der Waals surface area contributed by atoms with Gasteiger partial charge in [0, 0.05) is 18.2 Å². The molecule has 1 atom stereocenters. The van der Waals surface area contributed by atoms with E-state index in [0.717, 1.165) is 42.8 Å². The quantitative estimate of drug-likeness (QED) is 0.668. The van der Waals surface area contributed by atoms with Crippen molar-refractivity contribution >= 4 is 38.0 Å². The van der Waals surface area contributed by atoms with Crippen LogP contribution in [0, 0.1) is 0 Å². The molecule has 27 heavy (non-hydrogen) atoms. The lowest BCUT2D eigenvalue weighted by Crippen LogP contribution is -3.11. The number of nitrogens with one attached hydrogen (secondary N) is 2. The van der Waals surface area contributed by atoms with Crippen molar-refractivity contribution in [3.8, 4) is 0 Å². The number of anilines is 1. The molecule has 2 amide bonds. The molecule has 1 aromatic heterocycles. The summed E-state index contributed by atoms with van der Waals surface area (Å²) in [5.74, 6) is -1.03. The van der Waals surface area contributed by atoms with Gasteiger partial charge in [0.15, 0.2) is 9.84 Å². The van der Waals surface area contributed by atoms with Crippen LogP contribution in [0.1, 0.15) is 38.1 Å². The summed E-state index contributed by atoms with van der Waals surface area (Å²) in [5.41, 5.74) is 7.08. The molecule has 1 aliphatic heterocycles. The third kappa shape index (κ3) is 4.05. The van der Waals surface area contributed by atoms with Crippen LogP contribution in [0.2, 0.25) is 0 Å². The molecule has 0 spiro atoms. The van der Waals surface area contributed by atoms with Gasteiger partial charge in [-0.15, -0.1) is 11.3 Å². The van der Waals surface area contributed by atoms with E-state index >= 15 is 0 Å². The third-order valence-corrected chi connectivity index (χ3v) is 6.99. The van der Waals surface area contributed by atoms with Gasteiger partial charge in [-0.25, -0.2) is 8.42 Å². The highest BCUT2D eigenvalue weighted by atomic mass is 32.2. The van der Waals surface area contributed by atoms with Crippen LogP contribution in [-0.2, 0) is 22.8 Å². The summed E-state index contributed by atoms with van der Waals surface area (Å²) in [4.78, 5) is 27.2. The lowest BCUT2D eigenvalue weighted by atomic mass is 10.0.